The number of hydrogen-bond acceptors (Lipinski definition) is 4. The van der Waals surface area contributed by atoms with E-state index >= 15 is 0 Å². The van der Waals surface area contributed by atoms with E-state index in [1.54, 1.807) is 20.8 Å². The largest absolute Gasteiger partial charge is 0.444 e. The number of nitro groups is 1. The molecule has 1 aromatic carbocycles. The molecule has 6 heteroatoms. The van der Waals surface area contributed by atoms with Crippen molar-refractivity contribution in [2.75, 3.05) is 19.6 Å². The molecule has 178 valence electrons. The molecule has 0 fully saturated rings. The smallest absolute Gasteiger partial charge is 0.410 e. The molecule has 6 nitrogen and oxygen atoms in total. The minimum atomic E-state index is -0.536. The second-order valence-electron chi connectivity index (χ2n) is 6.53. The fraction of sp³-hybridized carbons (Fsp3) is 0.708. The molecule has 1 aromatic rings. The zero-order chi connectivity index (χ0) is 24.6. The lowest BCUT2D eigenvalue weighted by molar-refractivity contribution is -0.480. The predicted octanol–water partition coefficient (Wildman–Crippen LogP) is 7.37. The van der Waals surface area contributed by atoms with Gasteiger partial charge in [0.25, 0.3) is 0 Å². The van der Waals surface area contributed by atoms with Crippen molar-refractivity contribution >= 4 is 6.09 Å². The highest BCUT2D eigenvalue weighted by Crippen LogP contribution is 2.10. The van der Waals surface area contributed by atoms with Crippen LogP contribution in [0.5, 0.6) is 0 Å². The average Bonchev–Trinajstić information content (AvgIpc) is 2.71. The summed E-state index contributed by atoms with van der Waals surface area (Å²) < 4.78 is 5.23. The van der Waals surface area contributed by atoms with Crippen LogP contribution in [0.1, 0.15) is 87.6 Å². The summed E-state index contributed by atoms with van der Waals surface area (Å²) >= 11 is 0. The third-order valence-electron chi connectivity index (χ3n) is 2.85. The summed E-state index contributed by atoms with van der Waals surface area (Å²) in [6, 6.07) is 10.3. The molecule has 0 saturated heterocycles. The van der Waals surface area contributed by atoms with Gasteiger partial charge in [0.1, 0.15) is 5.60 Å². The van der Waals surface area contributed by atoms with Crippen LogP contribution in [-0.4, -0.2) is 41.2 Å². The quantitative estimate of drug-likeness (QED) is 0.350. The van der Waals surface area contributed by atoms with E-state index in [4.69, 9.17) is 4.74 Å². The highest BCUT2D eigenvalue weighted by atomic mass is 16.6. The van der Waals surface area contributed by atoms with E-state index in [0.717, 1.165) is 6.42 Å². The maximum atomic E-state index is 11.8. The summed E-state index contributed by atoms with van der Waals surface area (Å²) in [5, 5.41) is 10.2. The fourth-order valence-electron chi connectivity index (χ4n) is 1.82. The van der Waals surface area contributed by atoms with Crippen molar-refractivity contribution in [3.63, 3.8) is 0 Å². The van der Waals surface area contributed by atoms with Crippen molar-refractivity contribution in [2.24, 2.45) is 0 Å². The molecule has 0 aliphatic heterocycles. The van der Waals surface area contributed by atoms with Crippen molar-refractivity contribution in [1.29, 1.82) is 0 Å². The molecule has 0 heterocycles. The summed E-state index contributed by atoms with van der Waals surface area (Å²) in [7, 11) is 0. The molecule has 0 saturated carbocycles. The molecular weight excluding hydrogens is 380 g/mol. The van der Waals surface area contributed by atoms with Gasteiger partial charge in [-0.3, -0.25) is 10.1 Å². The van der Waals surface area contributed by atoms with Gasteiger partial charge in [-0.2, -0.15) is 0 Å². The number of hydrogen-bond donors (Lipinski definition) is 0. The first kappa shape index (κ1) is 35.3. The first-order chi connectivity index (χ1) is 14.2. The Hall–Kier alpha value is -2.11. The summed E-state index contributed by atoms with van der Waals surface area (Å²) in [6.07, 6.45) is 0.756. The summed E-state index contributed by atoms with van der Waals surface area (Å²) in [6.45, 7) is 22.2. The number of nitrogens with zero attached hydrogens (tertiary/aromatic N) is 2. The van der Waals surface area contributed by atoms with E-state index < -0.39 is 11.7 Å². The van der Waals surface area contributed by atoms with Gasteiger partial charge in [-0.15, -0.1) is 0 Å². The molecule has 1 amide bonds. The molecule has 0 atom stereocenters. The van der Waals surface area contributed by atoms with E-state index in [9.17, 15) is 14.9 Å². The molecule has 0 spiro atoms. The predicted molar refractivity (Wildman–Crippen MR) is 130 cm³/mol. The molecule has 0 N–H and O–H groups in total. The second kappa shape index (κ2) is 24.9. The van der Waals surface area contributed by atoms with Crippen LogP contribution in [0, 0.1) is 17.0 Å². The number of amides is 1. The zero-order valence-electron chi connectivity index (χ0n) is 21.4. The number of carbonyl (C=O) groups excluding carboxylic acids is 1. The maximum Gasteiger partial charge on any atom is 0.410 e. The van der Waals surface area contributed by atoms with E-state index in [2.05, 4.69) is 19.1 Å². The van der Waals surface area contributed by atoms with Crippen LogP contribution in [0.4, 0.5) is 4.79 Å². The molecule has 0 radical (unpaired) electrons. The van der Waals surface area contributed by atoms with Crippen molar-refractivity contribution in [1.82, 2.24) is 4.90 Å². The van der Waals surface area contributed by atoms with Gasteiger partial charge in [0, 0.05) is 24.4 Å². The van der Waals surface area contributed by atoms with Crippen molar-refractivity contribution in [3.8, 4) is 0 Å². The van der Waals surface area contributed by atoms with Crippen LogP contribution in [-0.2, 0) is 4.74 Å². The van der Waals surface area contributed by atoms with Crippen molar-refractivity contribution in [3.05, 3.63) is 46.0 Å². The minimum absolute atomic E-state index is 0.122. The summed E-state index contributed by atoms with van der Waals surface area (Å²) in [4.78, 5) is 23.1. The zero-order valence-corrected chi connectivity index (χ0v) is 21.4. The first-order valence-corrected chi connectivity index (χ1v) is 11.3. The fourth-order valence-corrected chi connectivity index (χ4v) is 1.82. The number of ether oxygens (including phenoxy) is 1. The second-order valence-corrected chi connectivity index (χ2v) is 6.53. The van der Waals surface area contributed by atoms with Gasteiger partial charge < -0.3 is 9.64 Å². The van der Waals surface area contributed by atoms with Crippen LogP contribution in [0.3, 0.4) is 0 Å². The third-order valence-corrected chi connectivity index (χ3v) is 2.85. The Labute approximate surface area is 186 Å². The Bertz CT molecular complexity index is 486. The van der Waals surface area contributed by atoms with Crippen LogP contribution >= 0.6 is 0 Å². The average molecular weight is 429 g/mol. The van der Waals surface area contributed by atoms with Gasteiger partial charge in [-0.05, 0) is 34.1 Å². The molecule has 30 heavy (non-hydrogen) atoms. The lowest BCUT2D eigenvalue weighted by Gasteiger charge is -2.26. The van der Waals surface area contributed by atoms with Crippen LogP contribution in [0.2, 0.25) is 0 Å². The highest BCUT2D eigenvalue weighted by molar-refractivity contribution is 5.68. The van der Waals surface area contributed by atoms with Gasteiger partial charge in [-0.25, -0.2) is 4.79 Å². The number of benzene rings is 1. The Morgan fingerprint density at radius 1 is 1.00 bits per heavy atom. The first-order valence-electron chi connectivity index (χ1n) is 11.3. The molecule has 0 aliphatic carbocycles. The van der Waals surface area contributed by atoms with E-state index in [1.807, 2.05) is 66.7 Å². The van der Waals surface area contributed by atoms with E-state index in [1.165, 1.54) is 10.5 Å². The summed E-state index contributed by atoms with van der Waals surface area (Å²) in [5.74, 6) is 0. The number of rotatable bonds is 6. The van der Waals surface area contributed by atoms with Crippen molar-refractivity contribution in [2.45, 2.75) is 94.6 Å². The van der Waals surface area contributed by atoms with Gasteiger partial charge in [-0.1, -0.05) is 84.4 Å². The monoisotopic (exact) mass is 428 g/mol. The van der Waals surface area contributed by atoms with Gasteiger partial charge in [0.15, 0.2) is 0 Å². The minimum Gasteiger partial charge on any atom is -0.444 e. The highest BCUT2D eigenvalue weighted by Gasteiger charge is 2.21. The normalized spacial score (nSPS) is 8.90. The maximum absolute atomic E-state index is 11.8. The Morgan fingerprint density at radius 3 is 1.77 bits per heavy atom. The Kier molecular flexibility index (Phi) is 29.4. The summed E-state index contributed by atoms with van der Waals surface area (Å²) in [5.41, 5.74) is 0.786. The van der Waals surface area contributed by atoms with E-state index in [-0.39, 0.29) is 11.5 Å². The topological polar surface area (TPSA) is 72.7 Å². The van der Waals surface area contributed by atoms with Crippen LogP contribution in [0.25, 0.3) is 0 Å². The van der Waals surface area contributed by atoms with Gasteiger partial charge in [0.2, 0.25) is 6.54 Å². The van der Waals surface area contributed by atoms with E-state index in [0.29, 0.717) is 19.5 Å². The van der Waals surface area contributed by atoms with Crippen LogP contribution in [0.15, 0.2) is 30.3 Å². The molecule has 0 aromatic heterocycles. The van der Waals surface area contributed by atoms with Crippen molar-refractivity contribution < 1.29 is 14.5 Å². The van der Waals surface area contributed by atoms with Gasteiger partial charge in [0.05, 0.1) is 0 Å². The Morgan fingerprint density at radius 2 is 1.47 bits per heavy atom. The Balaban J connectivity index is -0.000000213. The SMILES string of the molecule is CC.CC.CC.CCCN(CCC[N+](=O)[O-])C(=O)OC(C)(C)C.Cc1ccccc1. The molecular formula is C24H48N2O4. The number of carbonyl (C=O) groups is 1. The standard InChI is InChI=1S/C11H22N2O4.C7H8.3C2H6/c1-5-7-12(8-6-9-13(15)16)10(14)17-11(2,3)4;1-7-5-3-2-4-6-7;3*1-2/h5-9H2,1-4H3;2-6H,1H3;3*1-2H3. The van der Waals surface area contributed by atoms with Gasteiger partial charge >= 0.3 is 6.09 Å². The lowest BCUT2D eigenvalue weighted by atomic mass is 10.2. The molecule has 0 aliphatic rings. The number of aryl methyl sites for hydroxylation is 1. The third kappa shape index (κ3) is 28.1. The van der Waals surface area contributed by atoms with Crippen LogP contribution < -0.4 is 0 Å². The molecule has 0 bridgehead atoms. The lowest BCUT2D eigenvalue weighted by Crippen LogP contribution is -2.38. The molecule has 1 rings (SSSR count). The molecule has 0 unspecified atom stereocenters.